The normalized spacial score (nSPS) is 31.4. The van der Waals surface area contributed by atoms with Gasteiger partial charge in [-0.1, -0.05) is 25.5 Å². The van der Waals surface area contributed by atoms with Gasteiger partial charge in [-0.25, -0.2) is 0 Å². The topological polar surface area (TPSA) is 158 Å². The van der Waals surface area contributed by atoms with Crippen molar-refractivity contribution in [3.8, 4) is 5.75 Å². The molecule has 0 radical (unpaired) electrons. The second kappa shape index (κ2) is 8.11. The number of aryl methyl sites for hydroxylation is 1. The third-order valence-electron chi connectivity index (χ3n) is 7.38. The van der Waals surface area contributed by atoms with Crippen molar-refractivity contribution >= 4 is 23.5 Å². The maximum Gasteiger partial charge on any atom is 0.230 e. The van der Waals surface area contributed by atoms with Crippen molar-refractivity contribution in [2.45, 2.75) is 57.7 Å². The predicted molar refractivity (Wildman–Crippen MR) is 119 cm³/mol. The summed E-state index contributed by atoms with van der Waals surface area (Å²) in [6, 6.07) is 1.87. The quantitative estimate of drug-likeness (QED) is 0.433. The van der Waals surface area contributed by atoms with Gasteiger partial charge in [0.2, 0.25) is 5.91 Å². The van der Waals surface area contributed by atoms with Crippen molar-refractivity contribution in [2.24, 2.45) is 23.5 Å². The predicted octanol–water partition coefficient (Wildman–Crippen LogP) is 1.73. The molecule has 0 bridgehead atoms. The van der Waals surface area contributed by atoms with Crippen molar-refractivity contribution in [1.29, 1.82) is 0 Å². The maximum atomic E-state index is 13.6. The minimum Gasteiger partial charge on any atom is -0.508 e. The highest BCUT2D eigenvalue weighted by molar-refractivity contribution is 6.16. The monoisotopic (exact) mass is 455 g/mol. The van der Waals surface area contributed by atoms with Crippen molar-refractivity contribution < 1.29 is 34.8 Å². The van der Waals surface area contributed by atoms with E-state index < -0.39 is 52.7 Å². The van der Waals surface area contributed by atoms with Crippen molar-refractivity contribution in [1.82, 2.24) is 0 Å². The molecule has 0 spiro atoms. The number of carbonyl (C=O) groups is 3. The number of aliphatic hydroxyl groups excluding tert-OH is 2. The molecule has 0 aromatic heterocycles. The number of phenols is 1. The van der Waals surface area contributed by atoms with E-state index in [1.807, 2.05) is 13.0 Å². The van der Waals surface area contributed by atoms with Gasteiger partial charge in [0, 0.05) is 17.1 Å². The molecular formula is C25H29NO7. The van der Waals surface area contributed by atoms with Crippen LogP contribution in [-0.4, -0.2) is 49.6 Å². The number of aromatic hydroxyl groups is 1. The van der Waals surface area contributed by atoms with Gasteiger partial charge in [-0.3, -0.25) is 14.4 Å². The van der Waals surface area contributed by atoms with Crippen LogP contribution in [0.2, 0.25) is 0 Å². The van der Waals surface area contributed by atoms with Crippen molar-refractivity contribution in [3.63, 3.8) is 0 Å². The Morgan fingerprint density at radius 2 is 1.97 bits per heavy atom. The molecule has 1 saturated carbocycles. The molecule has 0 aliphatic heterocycles. The Labute approximate surface area is 191 Å². The maximum absolute atomic E-state index is 13.6. The zero-order chi connectivity index (χ0) is 24.2. The molecule has 176 valence electrons. The number of allylic oxidation sites excluding steroid dienone is 2. The molecule has 5 atom stereocenters. The summed E-state index contributed by atoms with van der Waals surface area (Å²) < 4.78 is 0. The Morgan fingerprint density at radius 1 is 1.27 bits per heavy atom. The van der Waals surface area contributed by atoms with Gasteiger partial charge in [0.1, 0.15) is 17.4 Å². The number of amides is 1. The van der Waals surface area contributed by atoms with Gasteiger partial charge < -0.3 is 26.2 Å². The summed E-state index contributed by atoms with van der Waals surface area (Å²) >= 11 is 0. The van der Waals surface area contributed by atoms with Crippen LogP contribution in [0.4, 0.5) is 0 Å². The summed E-state index contributed by atoms with van der Waals surface area (Å²) in [4.78, 5) is 38.5. The summed E-state index contributed by atoms with van der Waals surface area (Å²) in [5.41, 5.74) is 4.85. The van der Waals surface area contributed by atoms with Crippen LogP contribution < -0.4 is 5.73 Å². The fourth-order valence-electron chi connectivity index (χ4n) is 5.89. The van der Waals surface area contributed by atoms with Crippen LogP contribution in [0.25, 0.3) is 6.08 Å². The van der Waals surface area contributed by atoms with Gasteiger partial charge >= 0.3 is 0 Å². The first-order chi connectivity index (χ1) is 15.6. The van der Waals surface area contributed by atoms with Crippen LogP contribution in [-0.2, 0) is 22.4 Å². The molecule has 2 unspecified atom stereocenters. The number of hydrogen-bond donors (Lipinski definition) is 5. The summed E-state index contributed by atoms with van der Waals surface area (Å²) in [6.07, 6.45) is 3.99. The number of carbonyl (C=O) groups excluding carboxylic acids is 3. The summed E-state index contributed by atoms with van der Waals surface area (Å²) in [5, 5.41) is 43.7. The van der Waals surface area contributed by atoms with Gasteiger partial charge in [-0.2, -0.15) is 0 Å². The minimum atomic E-state index is -2.49. The third kappa shape index (κ3) is 3.23. The lowest BCUT2D eigenvalue weighted by atomic mass is 9.57. The highest BCUT2D eigenvalue weighted by Crippen LogP contribution is 2.52. The van der Waals surface area contributed by atoms with Gasteiger partial charge in [-0.15, -0.1) is 0 Å². The fourth-order valence-corrected chi connectivity index (χ4v) is 5.89. The minimum absolute atomic E-state index is 0.0728. The lowest BCUT2D eigenvalue weighted by Gasteiger charge is -2.48. The lowest BCUT2D eigenvalue weighted by Crippen LogP contribution is -2.63. The number of hydrogen-bond acceptors (Lipinski definition) is 7. The Kier molecular flexibility index (Phi) is 5.70. The van der Waals surface area contributed by atoms with Crippen LogP contribution in [0, 0.1) is 17.8 Å². The van der Waals surface area contributed by atoms with Gasteiger partial charge in [-0.05, 0) is 55.7 Å². The van der Waals surface area contributed by atoms with Crippen LogP contribution >= 0.6 is 0 Å². The van der Waals surface area contributed by atoms with E-state index in [-0.39, 0.29) is 29.7 Å². The van der Waals surface area contributed by atoms with E-state index >= 15 is 0 Å². The Balaban J connectivity index is 1.91. The van der Waals surface area contributed by atoms with E-state index in [2.05, 4.69) is 0 Å². The van der Waals surface area contributed by atoms with Crippen LogP contribution in [0.5, 0.6) is 5.75 Å². The number of phenolic OH excluding ortho intramolecular Hbond substituents is 1. The number of benzene rings is 1. The molecule has 4 rings (SSSR count). The Morgan fingerprint density at radius 3 is 2.58 bits per heavy atom. The smallest absolute Gasteiger partial charge is 0.230 e. The number of ketones is 2. The zero-order valence-corrected chi connectivity index (χ0v) is 18.7. The van der Waals surface area contributed by atoms with Crippen molar-refractivity contribution in [2.75, 3.05) is 0 Å². The highest BCUT2D eigenvalue weighted by Gasteiger charge is 2.62. The molecule has 1 amide bonds. The molecule has 1 aromatic carbocycles. The first-order valence-corrected chi connectivity index (χ1v) is 11.3. The average Bonchev–Trinajstić information content (AvgIpc) is 2.74. The number of primary amides is 1. The van der Waals surface area contributed by atoms with E-state index in [1.165, 1.54) is 0 Å². The molecule has 8 heteroatoms. The largest absolute Gasteiger partial charge is 0.508 e. The molecule has 6 N–H and O–H groups in total. The van der Waals surface area contributed by atoms with E-state index in [1.54, 1.807) is 19.1 Å². The zero-order valence-electron chi connectivity index (χ0n) is 18.7. The number of nitrogens with two attached hydrogens (primary N) is 1. The fraction of sp³-hybridized carbons (Fsp3) is 0.480. The van der Waals surface area contributed by atoms with Gasteiger partial charge in [0.15, 0.2) is 17.2 Å². The number of fused-ring (bicyclic) bond motifs is 3. The SMILES string of the molecule is C/C=C/c1cc(CCC)c2c(c1O)C(=O)C1=C(O)[C@]3(O)C(=O)C(C(N)=O)C(O)C[C@@H]3C[C@@H]1C2. The first-order valence-electron chi connectivity index (χ1n) is 11.3. The molecule has 3 aliphatic rings. The third-order valence-corrected chi connectivity index (χ3v) is 7.38. The summed E-state index contributed by atoms with van der Waals surface area (Å²) in [6.45, 7) is 3.81. The second-order valence-electron chi connectivity index (χ2n) is 9.32. The first kappa shape index (κ1) is 23.2. The highest BCUT2D eigenvalue weighted by atomic mass is 16.3. The van der Waals surface area contributed by atoms with E-state index in [0.29, 0.717) is 24.0 Å². The van der Waals surface area contributed by atoms with Crippen LogP contribution in [0.3, 0.4) is 0 Å². The Hall–Kier alpha value is -2.97. The van der Waals surface area contributed by atoms with Gasteiger partial charge in [0.25, 0.3) is 0 Å². The number of Topliss-reactive ketones (excluding diaryl/α,β-unsaturated/α-hetero) is 2. The molecule has 0 heterocycles. The molecule has 33 heavy (non-hydrogen) atoms. The van der Waals surface area contributed by atoms with E-state index in [4.69, 9.17) is 5.73 Å². The Bertz CT molecular complexity index is 1120. The van der Waals surface area contributed by atoms with Gasteiger partial charge in [0.05, 0.1) is 11.7 Å². The molecule has 1 aromatic rings. The number of rotatable bonds is 4. The molecule has 0 saturated heterocycles. The van der Waals surface area contributed by atoms with Crippen molar-refractivity contribution in [3.05, 3.63) is 45.7 Å². The second-order valence-corrected chi connectivity index (χ2v) is 9.32. The van der Waals surface area contributed by atoms with Crippen LogP contribution in [0.15, 0.2) is 23.5 Å². The lowest BCUT2D eigenvalue weighted by molar-refractivity contribution is -0.167. The summed E-state index contributed by atoms with van der Waals surface area (Å²) in [7, 11) is 0. The number of aliphatic hydroxyl groups is 3. The standard InChI is InChI=1S/C25H29NO7/c1-3-5-11-7-12(6-4-2)20(28)18-15(11)9-13-8-14-10-16(27)19(24(26)32)23(31)25(14,33)22(30)17(13)21(18)29/h4,6-7,13-14,16,19,27-28,30,33H,3,5,8-10H2,1-2H3,(H2,26,32)/b6-4+/t13-,14+,16?,19?,25+/m1/s1. The summed E-state index contributed by atoms with van der Waals surface area (Å²) in [5.74, 6) is -6.88. The van der Waals surface area contributed by atoms with E-state index in [0.717, 1.165) is 12.0 Å². The van der Waals surface area contributed by atoms with Crippen LogP contribution in [0.1, 0.15) is 60.2 Å². The molecule has 8 nitrogen and oxygen atoms in total. The molecule has 1 fully saturated rings. The molecular weight excluding hydrogens is 426 g/mol. The van der Waals surface area contributed by atoms with E-state index in [9.17, 15) is 34.8 Å². The average molecular weight is 456 g/mol. The molecule has 3 aliphatic carbocycles.